The summed E-state index contributed by atoms with van der Waals surface area (Å²) in [7, 11) is 1.34. The lowest BCUT2D eigenvalue weighted by molar-refractivity contribution is -0.141. The molecule has 1 heterocycles. The zero-order valence-electron chi connectivity index (χ0n) is 11.5. The van der Waals surface area contributed by atoms with Crippen LogP contribution >= 0.6 is 11.3 Å². The first-order chi connectivity index (χ1) is 9.65. The number of thiazole rings is 1. The molecule has 0 radical (unpaired) electrons. The highest BCUT2D eigenvalue weighted by Gasteiger charge is 2.10. The number of methoxy groups -OCH3 is 1. The molecule has 5 nitrogen and oxygen atoms in total. The summed E-state index contributed by atoms with van der Waals surface area (Å²) in [5.41, 5.74) is 0.881. The standard InChI is InChI=1S/C14H16N2O3S/c1-3-6-12(17)15-14-16(9-13(18)19-2)10-7-4-5-8-11(10)20-14/h4-5,7-8H,3,6,9H2,1-2H3. The summed E-state index contributed by atoms with van der Waals surface area (Å²) < 4.78 is 7.41. The van der Waals surface area contributed by atoms with E-state index in [1.54, 1.807) is 4.57 Å². The number of aromatic nitrogens is 1. The van der Waals surface area contributed by atoms with Crippen LogP contribution in [0.5, 0.6) is 0 Å². The number of para-hydroxylation sites is 1. The number of fused-ring (bicyclic) bond motifs is 1. The van der Waals surface area contributed by atoms with E-state index in [0.29, 0.717) is 11.2 Å². The largest absolute Gasteiger partial charge is 0.468 e. The highest BCUT2D eigenvalue weighted by atomic mass is 32.1. The third-order valence-corrected chi connectivity index (χ3v) is 3.85. The van der Waals surface area contributed by atoms with Crippen LogP contribution in [0.1, 0.15) is 19.8 Å². The Morgan fingerprint density at radius 3 is 2.80 bits per heavy atom. The van der Waals surface area contributed by atoms with E-state index in [1.165, 1.54) is 18.4 Å². The first kappa shape index (κ1) is 14.5. The fraction of sp³-hybridized carbons (Fsp3) is 0.357. The van der Waals surface area contributed by atoms with Gasteiger partial charge in [0.05, 0.1) is 17.3 Å². The number of carbonyl (C=O) groups excluding carboxylic acids is 2. The number of esters is 1. The first-order valence-electron chi connectivity index (χ1n) is 6.38. The quantitative estimate of drug-likeness (QED) is 0.811. The maximum Gasteiger partial charge on any atom is 0.325 e. The van der Waals surface area contributed by atoms with Crippen molar-refractivity contribution in [1.82, 2.24) is 4.57 Å². The van der Waals surface area contributed by atoms with Crippen LogP contribution in [0, 0.1) is 0 Å². The zero-order valence-corrected chi connectivity index (χ0v) is 12.3. The van der Waals surface area contributed by atoms with E-state index in [1.807, 2.05) is 31.2 Å². The Labute approximate surface area is 120 Å². The minimum atomic E-state index is -0.363. The lowest BCUT2D eigenvalue weighted by Gasteiger charge is -2.03. The number of hydrogen-bond acceptors (Lipinski definition) is 4. The van der Waals surface area contributed by atoms with Crippen molar-refractivity contribution in [3.05, 3.63) is 29.1 Å². The average Bonchev–Trinajstić information content (AvgIpc) is 2.77. The molecule has 106 valence electrons. The molecule has 1 aromatic carbocycles. The van der Waals surface area contributed by atoms with Crippen molar-refractivity contribution in [2.24, 2.45) is 4.99 Å². The molecule has 0 N–H and O–H groups in total. The second kappa shape index (κ2) is 6.47. The number of ether oxygens (including phenoxy) is 1. The predicted molar refractivity (Wildman–Crippen MR) is 77.3 cm³/mol. The molecule has 0 spiro atoms. The van der Waals surface area contributed by atoms with Gasteiger partial charge in [0, 0.05) is 6.42 Å². The molecular formula is C14H16N2O3S. The molecule has 1 aromatic heterocycles. The van der Waals surface area contributed by atoms with E-state index in [0.717, 1.165) is 16.6 Å². The van der Waals surface area contributed by atoms with Crippen molar-refractivity contribution in [2.45, 2.75) is 26.3 Å². The molecule has 20 heavy (non-hydrogen) atoms. The molecule has 2 rings (SSSR count). The number of hydrogen-bond donors (Lipinski definition) is 0. The van der Waals surface area contributed by atoms with Crippen LogP contribution in [-0.4, -0.2) is 23.6 Å². The fourth-order valence-electron chi connectivity index (χ4n) is 1.83. The SMILES string of the molecule is CCCC(=O)N=c1sc2ccccc2n1CC(=O)OC. The molecule has 2 aromatic rings. The molecule has 0 aliphatic carbocycles. The molecule has 0 aliphatic heterocycles. The summed E-state index contributed by atoms with van der Waals surface area (Å²) in [5.74, 6) is -0.532. The van der Waals surface area contributed by atoms with E-state index >= 15 is 0 Å². The Bertz CT molecular complexity index is 700. The maximum atomic E-state index is 11.7. The first-order valence-corrected chi connectivity index (χ1v) is 7.20. The van der Waals surface area contributed by atoms with Crippen LogP contribution in [0.3, 0.4) is 0 Å². The van der Waals surface area contributed by atoms with Crippen molar-refractivity contribution < 1.29 is 14.3 Å². The van der Waals surface area contributed by atoms with Crippen LogP contribution in [0.25, 0.3) is 10.2 Å². The molecule has 6 heteroatoms. The lowest BCUT2D eigenvalue weighted by atomic mass is 10.3. The Morgan fingerprint density at radius 1 is 1.35 bits per heavy atom. The summed E-state index contributed by atoms with van der Waals surface area (Å²) in [5, 5.41) is 0. The van der Waals surface area contributed by atoms with Crippen molar-refractivity contribution in [1.29, 1.82) is 0 Å². The minimum absolute atomic E-state index is 0.0543. The molecule has 0 unspecified atom stereocenters. The van der Waals surface area contributed by atoms with Gasteiger partial charge in [-0.1, -0.05) is 30.4 Å². The van der Waals surface area contributed by atoms with Crippen molar-refractivity contribution >= 4 is 33.4 Å². The van der Waals surface area contributed by atoms with Gasteiger partial charge in [0.25, 0.3) is 0 Å². The average molecular weight is 292 g/mol. The Kier molecular flexibility index (Phi) is 4.68. The van der Waals surface area contributed by atoms with Crippen LogP contribution in [0.15, 0.2) is 29.3 Å². The monoisotopic (exact) mass is 292 g/mol. The van der Waals surface area contributed by atoms with Gasteiger partial charge in [-0.2, -0.15) is 4.99 Å². The summed E-state index contributed by atoms with van der Waals surface area (Å²) in [6.45, 7) is 1.99. The Balaban J connectivity index is 2.54. The Hall–Kier alpha value is -1.95. The van der Waals surface area contributed by atoms with Crippen molar-refractivity contribution in [3.63, 3.8) is 0 Å². The maximum absolute atomic E-state index is 11.7. The molecule has 0 aliphatic rings. The minimum Gasteiger partial charge on any atom is -0.468 e. The third kappa shape index (κ3) is 3.14. The van der Waals surface area contributed by atoms with Crippen LogP contribution in [0.2, 0.25) is 0 Å². The van der Waals surface area contributed by atoms with E-state index in [-0.39, 0.29) is 18.4 Å². The number of carbonyl (C=O) groups is 2. The van der Waals surface area contributed by atoms with Gasteiger partial charge in [-0.15, -0.1) is 0 Å². The number of amides is 1. The van der Waals surface area contributed by atoms with Gasteiger partial charge in [-0.25, -0.2) is 0 Å². The normalized spacial score (nSPS) is 11.8. The van der Waals surface area contributed by atoms with Crippen LogP contribution in [0.4, 0.5) is 0 Å². The summed E-state index contributed by atoms with van der Waals surface area (Å²) in [6.07, 6.45) is 1.16. The van der Waals surface area contributed by atoms with Gasteiger partial charge >= 0.3 is 5.97 Å². The molecule has 0 saturated carbocycles. The molecular weight excluding hydrogens is 276 g/mol. The van der Waals surface area contributed by atoms with Crippen LogP contribution < -0.4 is 4.80 Å². The molecule has 1 amide bonds. The van der Waals surface area contributed by atoms with E-state index < -0.39 is 0 Å². The van der Waals surface area contributed by atoms with E-state index in [2.05, 4.69) is 4.99 Å². The summed E-state index contributed by atoms with van der Waals surface area (Å²) in [4.78, 5) is 27.9. The molecule has 0 saturated heterocycles. The number of nitrogens with zero attached hydrogens (tertiary/aromatic N) is 2. The zero-order chi connectivity index (χ0) is 14.5. The third-order valence-electron chi connectivity index (χ3n) is 2.79. The highest BCUT2D eigenvalue weighted by molar-refractivity contribution is 7.16. The van der Waals surface area contributed by atoms with E-state index in [9.17, 15) is 9.59 Å². The summed E-state index contributed by atoms with van der Waals surface area (Å²) in [6, 6.07) is 7.65. The number of benzene rings is 1. The second-order valence-electron chi connectivity index (χ2n) is 4.27. The smallest absolute Gasteiger partial charge is 0.325 e. The number of rotatable bonds is 4. The Morgan fingerprint density at radius 2 is 2.10 bits per heavy atom. The van der Waals surface area contributed by atoms with Gasteiger partial charge in [-0.3, -0.25) is 9.59 Å². The molecule has 0 atom stereocenters. The lowest BCUT2D eigenvalue weighted by Crippen LogP contribution is -2.22. The van der Waals surface area contributed by atoms with Gasteiger partial charge in [0.15, 0.2) is 4.80 Å². The molecule has 0 bridgehead atoms. The van der Waals surface area contributed by atoms with Crippen molar-refractivity contribution in [3.8, 4) is 0 Å². The topological polar surface area (TPSA) is 60.7 Å². The van der Waals surface area contributed by atoms with Gasteiger partial charge in [0.2, 0.25) is 5.91 Å². The van der Waals surface area contributed by atoms with E-state index in [4.69, 9.17) is 4.74 Å². The second-order valence-corrected chi connectivity index (χ2v) is 5.28. The predicted octanol–water partition coefficient (Wildman–Crippen LogP) is 2.10. The van der Waals surface area contributed by atoms with Gasteiger partial charge in [0.1, 0.15) is 6.54 Å². The van der Waals surface area contributed by atoms with Crippen molar-refractivity contribution in [2.75, 3.05) is 7.11 Å². The van der Waals surface area contributed by atoms with Gasteiger partial charge in [-0.05, 0) is 18.6 Å². The summed E-state index contributed by atoms with van der Waals surface area (Å²) >= 11 is 1.40. The molecule has 0 fully saturated rings. The highest BCUT2D eigenvalue weighted by Crippen LogP contribution is 2.16. The fourth-order valence-corrected chi connectivity index (χ4v) is 2.88. The van der Waals surface area contributed by atoms with Gasteiger partial charge < -0.3 is 9.30 Å². The van der Waals surface area contributed by atoms with Crippen LogP contribution in [-0.2, 0) is 20.9 Å².